The van der Waals surface area contributed by atoms with Gasteiger partial charge in [0.15, 0.2) is 11.6 Å². The summed E-state index contributed by atoms with van der Waals surface area (Å²) in [7, 11) is 0. The van der Waals surface area contributed by atoms with Crippen LogP contribution in [-0.2, 0) is 11.3 Å². The number of hydrogen-bond acceptors (Lipinski definition) is 5. The van der Waals surface area contributed by atoms with E-state index in [9.17, 15) is 28.5 Å². The summed E-state index contributed by atoms with van der Waals surface area (Å²) in [6, 6.07) is 5.35. The maximum atomic E-state index is 13.6. The van der Waals surface area contributed by atoms with Crippen molar-refractivity contribution in [2.45, 2.75) is 24.9 Å². The highest BCUT2D eigenvalue weighted by atomic mass is 35.5. The predicted octanol–water partition coefficient (Wildman–Crippen LogP) is 1.72. The molecule has 1 amide bonds. The van der Waals surface area contributed by atoms with E-state index in [-0.39, 0.29) is 30.6 Å². The number of hydrogen-bond donors (Lipinski definition) is 2. The second-order valence-electron chi connectivity index (χ2n) is 6.56. The average Bonchev–Trinajstić information content (AvgIpc) is 2.66. The molecule has 29 heavy (non-hydrogen) atoms. The van der Waals surface area contributed by atoms with Gasteiger partial charge in [0.05, 0.1) is 11.1 Å². The van der Waals surface area contributed by atoms with Gasteiger partial charge in [-0.15, -0.1) is 12.4 Å². The first kappa shape index (κ1) is 22.4. The minimum Gasteiger partial charge on any atom is -0.350 e. The average molecular weight is 429 g/mol. The zero-order chi connectivity index (χ0) is 20.3. The summed E-state index contributed by atoms with van der Waals surface area (Å²) in [4.78, 5) is 34.4. The van der Waals surface area contributed by atoms with Crippen LogP contribution in [0.3, 0.4) is 0 Å². The molecule has 0 saturated carbocycles. The highest BCUT2D eigenvalue weighted by molar-refractivity contribution is 5.85. The third kappa shape index (κ3) is 5.36. The molecule has 11 heteroatoms. The van der Waals surface area contributed by atoms with Crippen LogP contribution in [0.1, 0.15) is 17.9 Å². The summed E-state index contributed by atoms with van der Waals surface area (Å²) in [6.45, 7) is 0.682. The Morgan fingerprint density at radius 1 is 1.28 bits per heavy atom. The minimum absolute atomic E-state index is 0. The van der Waals surface area contributed by atoms with Crippen molar-refractivity contribution in [3.63, 3.8) is 0 Å². The van der Waals surface area contributed by atoms with Gasteiger partial charge in [0.2, 0.25) is 5.91 Å². The Kier molecular flexibility index (Phi) is 7.40. The predicted molar refractivity (Wildman–Crippen MR) is 103 cm³/mol. The number of piperidine rings is 1. The number of benzene rings is 1. The van der Waals surface area contributed by atoms with Gasteiger partial charge in [0, 0.05) is 30.6 Å². The molecule has 1 aliphatic rings. The molecule has 0 bridgehead atoms. The number of nitrogens with zero attached hydrogens (tertiary/aromatic N) is 2. The molecule has 1 fully saturated rings. The summed E-state index contributed by atoms with van der Waals surface area (Å²) in [5, 5.41) is 16.7. The number of rotatable bonds is 5. The molecule has 0 radical (unpaired) electrons. The zero-order valence-electron chi connectivity index (χ0n) is 15.1. The largest absolute Gasteiger partial charge is 0.350 e. The van der Waals surface area contributed by atoms with Crippen LogP contribution in [0, 0.1) is 21.7 Å². The summed E-state index contributed by atoms with van der Waals surface area (Å²) in [6.07, 6.45) is 1.61. The number of nitro groups is 1. The fourth-order valence-corrected chi connectivity index (χ4v) is 3.31. The molecular weight excluding hydrogens is 410 g/mol. The summed E-state index contributed by atoms with van der Waals surface area (Å²) in [5.41, 5.74) is -0.274. The Morgan fingerprint density at radius 2 is 2.03 bits per heavy atom. The molecule has 1 aromatic carbocycles. The third-order valence-electron chi connectivity index (χ3n) is 4.69. The first-order valence-electron chi connectivity index (χ1n) is 8.65. The fraction of sp³-hybridized carbons (Fsp3) is 0.333. The Morgan fingerprint density at radius 3 is 2.72 bits per heavy atom. The van der Waals surface area contributed by atoms with Crippen molar-refractivity contribution < 1.29 is 18.5 Å². The molecule has 1 aliphatic heterocycles. The molecular formula is C18H19ClF2N4O4. The van der Waals surface area contributed by atoms with Crippen molar-refractivity contribution in [3.05, 3.63) is 74.2 Å². The van der Waals surface area contributed by atoms with E-state index in [1.807, 2.05) is 0 Å². The standard InChI is InChI=1S/C18H18F2N4O4.ClH/c19-14-3-1-11(7-15(14)20)13-5-6-21-8-16(13)22-17(25)10-23-9-12(24(27)28)2-4-18(23)26;/h1-4,7,9,13,16,21H,5-6,8,10H2,(H,22,25);1H. The first-order valence-corrected chi connectivity index (χ1v) is 8.65. The highest BCUT2D eigenvalue weighted by Gasteiger charge is 2.28. The lowest BCUT2D eigenvalue weighted by atomic mass is 9.86. The Balaban J connectivity index is 0.00000300. The van der Waals surface area contributed by atoms with Gasteiger partial charge in [-0.1, -0.05) is 6.07 Å². The van der Waals surface area contributed by atoms with Gasteiger partial charge >= 0.3 is 0 Å². The van der Waals surface area contributed by atoms with Crippen LogP contribution in [0.25, 0.3) is 0 Å². The van der Waals surface area contributed by atoms with Crippen LogP contribution < -0.4 is 16.2 Å². The van der Waals surface area contributed by atoms with Gasteiger partial charge in [-0.3, -0.25) is 24.3 Å². The summed E-state index contributed by atoms with van der Waals surface area (Å²) < 4.78 is 27.7. The first-order chi connectivity index (χ1) is 13.3. The van der Waals surface area contributed by atoms with Gasteiger partial charge in [-0.2, -0.15) is 0 Å². The van der Waals surface area contributed by atoms with Gasteiger partial charge in [-0.05, 0) is 30.7 Å². The van der Waals surface area contributed by atoms with Crippen LogP contribution in [0.5, 0.6) is 0 Å². The van der Waals surface area contributed by atoms with Crippen molar-refractivity contribution in [1.29, 1.82) is 0 Å². The van der Waals surface area contributed by atoms with E-state index in [0.717, 1.165) is 35.0 Å². The molecule has 156 valence electrons. The molecule has 2 heterocycles. The number of pyridine rings is 1. The maximum Gasteiger partial charge on any atom is 0.285 e. The number of aromatic nitrogens is 1. The molecule has 2 unspecified atom stereocenters. The molecule has 2 atom stereocenters. The monoisotopic (exact) mass is 428 g/mol. The van der Waals surface area contributed by atoms with Gasteiger partial charge in [0.1, 0.15) is 6.54 Å². The van der Waals surface area contributed by atoms with E-state index in [0.29, 0.717) is 25.1 Å². The van der Waals surface area contributed by atoms with Crippen molar-refractivity contribution >= 4 is 24.0 Å². The molecule has 1 saturated heterocycles. The number of carbonyl (C=O) groups excluding carboxylic acids is 1. The highest BCUT2D eigenvalue weighted by Crippen LogP contribution is 2.27. The van der Waals surface area contributed by atoms with E-state index >= 15 is 0 Å². The quantitative estimate of drug-likeness (QED) is 0.557. The van der Waals surface area contributed by atoms with E-state index < -0.39 is 34.1 Å². The SMILES string of the molecule is Cl.O=C(Cn1cc([N+](=O)[O-])ccc1=O)NC1CNCCC1c1ccc(F)c(F)c1. The number of halogens is 3. The molecule has 0 aliphatic carbocycles. The summed E-state index contributed by atoms with van der Waals surface area (Å²) in [5.74, 6) is -2.64. The van der Waals surface area contributed by atoms with Crippen LogP contribution in [-0.4, -0.2) is 34.5 Å². The van der Waals surface area contributed by atoms with Gasteiger partial charge in [-0.25, -0.2) is 8.78 Å². The second kappa shape index (κ2) is 9.57. The lowest BCUT2D eigenvalue weighted by molar-refractivity contribution is -0.385. The van der Waals surface area contributed by atoms with Crippen LogP contribution in [0.2, 0.25) is 0 Å². The smallest absolute Gasteiger partial charge is 0.285 e. The van der Waals surface area contributed by atoms with Gasteiger partial charge in [0.25, 0.3) is 11.2 Å². The van der Waals surface area contributed by atoms with Gasteiger partial charge < -0.3 is 10.6 Å². The number of amides is 1. The lowest BCUT2D eigenvalue weighted by Crippen LogP contribution is -2.51. The molecule has 3 rings (SSSR count). The Bertz CT molecular complexity index is 969. The minimum atomic E-state index is -0.954. The molecule has 2 N–H and O–H groups in total. The normalized spacial score (nSPS) is 18.6. The van der Waals surface area contributed by atoms with E-state index in [4.69, 9.17) is 0 Å². The van der Waals surface area contributed by atoms with Crippen LogP contribution >= 0.6 is 12.4 Å². The molecule has 8 nitrogen and oxygen atoms in total. The fourth-order valence-electron chi connectivity index (χ4n) is 3.31. The van der Waals surface area contributed by atoms with Crippen molar-refractivity contribution in [3.8, 4) is 0 Å². The Labute approximate surface area is 170 Å². The van der Waals surface area contributed by atoms with Crippen molar-refractivity contribution in [2.75, 3.05) is 13.1 Å². The zero-order valence-corrected chi connectivity index (χ0v) is 16.0. The van der Waals surface area contributed by atoms with Crippen molar-refractivity contribution in [2.24, 2.45) is 0 Å². The van der Waals surface area contributed by atoms with E-state index in [1.54, 1.807) is 0 Å². The second-order valence-corrected chi connectivity index (χ2v) is 6.56. The van der Waals surface area contributed by atoms with Crippen molar-refractivity contribution in [1.82, 2.24) is 15.2 Å². The topological polar surface area (TPSA) is 106 Å². The molecule has 0 spiro atoms. The summed E-state index contributed by atoms with van der Waals surface area (Å²) >= 11 is 0. The maximum absolute atomic E-state index is 13.6. The number of nitrogens with one attached hydrogen (secondary N) is 2. The Hall–Kier alpha value is -2.85. The van der Waals surface area contributed by atoms with E-state index in [2.05, 4.69) is 10.6 Å². The van der Waals surface area contributed by atoms with Crippen LogP contribution in [0.15, 0.2) is 41.3 Å². The molecule has 2 aromatic rings. The van der Waals surface area contributed by atoms with Crippen LogP contribution in [0.4, 0.5) is 14.5 Å². The number of carbonyl (C=O) groups is 1. The molecule has 1 aromatic heterocycles. The third-order valence-corrected chi connectivity index (χ3v) is 4.69. The lowest BCUT2D eigenvalue weighted by Gasteiger charge is -2.33. The van der Waals surface area contributed by atoms with E-state index in [1.165, 1.54) is 6.07 Å².